The first-order valence-electron chi connectivity index (χ1n) is 8.58. The Morgan fingerprint density at radius 3 is 1.58 bits per heavy atom. The molecular weight excluding hydrogens is 341 g/mol. The number of benzene rings is 3. The molecule has 0 heterocycles. The molecule has 3 aromatic rings. The maximum Gasteiger partial charge on any atom is 0.254 e. The number of rotatable bonds is 5. The quantitative estimate of drug-likeness (QED) is 0.640. The van der Waals surface area contributed by atoms with Gasteiger partial charge in [0.05, 0.1) is 5.78 Å². The van der Waals surface area contributed by atoms with Crippen molar-refractivity contribution >= 4 is 23.7 Å². The fourth-order valence-electron chi connectivity index (χ4n) is 3.08. The van der Waals surface area contributed by atoms with Gasteiger partial charge in [0.25, 0.3) is 5.91 Å². The van der Waals surface area contributed by atoms with E-state index in [4.69, 9.17) is 0 Å². The van der Waals surface area contributed by atoms with Crippen molar-refractivity contribution in [2.75, 3.05) is 7.05 Å². The van der Waals surface area contributed by atoms with Crippen LogP contribution in [0.5, 0.6) is 0 Å². The first kappa shape index (κ1) is 18.2. The van der Waals surface area contributed by atoms with Crippen LogP contribution in [-0.2, 0) is 4.57 Å². The molecule has 0 saturated heterocycles. The van der Waals surface area contributed by atoms with Crippen molar-refractivity contribution in [1.29, 1.82) is 0 Å². The molecule has 132 valence electrons. The highest BCUT2D eigenvalue weighted by Crippen LogP contribution is 2.49. The summed E-state index contributed by atoms with van der Waals surface area (Å²) >= 11 is 0. The van der Waals surface area contributed by atoms with Gasteiger partial charge in [0, 0.05) is 23.2 Å². The fourth-order valence-corrected chi connectivity index (χ4v) is 6.06. The third-order valence-electron chi connectivity index (χ3n) is 4.71. The highest BCUT2D eigenvalue weighted by molar-refractivity contribution is 7.79. The summed E-state index contributed by atoms with van der Waals surface area (Å²) in [5, 5.41) is 1.51. The zero-order chi connectivity index (χ0) is 18.6. The van der Waals surface area contributed by atoms with Crippen LogP contribution in [-0.4, -0.2) is 23.6 Å². The van der Waals surface area contributed by atoms with Gasteiger partial charge >= 0.3 is 0 Å². The van der Waals surface area contributed by atoms with Gasteiger partial charge in [0.2, 0.25) is 0 Å². The molecule has 1 atom stereocenters. The Hall–Kier alpha value is -2.64. The van der Waals surface area contributed by atoms with Crippen molar-refractivity contribution in [2.45, 2.75) is 12.7 Å². The zero-order valence-corrected chi connectivity index (χ0v) is 15.8. The molecule has 0 aliphatic rings. The molecule has 0 aliphatic heterocycles. The predicted molar refractivity (Wildman–Crippen MR) is 108 cm³/mol. The predicted octanol–water partition coefficient (Wildman–Crippen LogP) is 4.12. The van der Waals surface area contributed by atoms with E-state index < -0.39 is 12.9 Å². The van der Waals surface area contributed by atoms with Crippen LogP contribution in [0.3, 0.4) is 0 Å². The molecule has 1 unspecified atom stereocenters. The monoisotopic (exact) mass is 363 g/mol. The van der Waals surface area contributed by atoms with E-state index in [1.165, 1.54) is 0 Å². The minimum atomic E-state index is -3.04. The molecule has 0 bridgehead atoms. The lowest BCUT2D eigenvalue weighted by Gasteiger charge is -2.33. The minimum Gasteiger partial charge on any atom is -0.331 e. The zero-order valence-electron chi connectivity index (χ0n) is 14.9. The van der Waals surface area contributed by atoms with Crippen molar-refractivity contribution in [1.82, 2.24) is 4.90 Å². The molecule has 0 fully saturated rings. The molecule has 3 aromatic carbocycles. The normalized spacial score (nSPS) is 12.4. The topological polar surface area (TPSA) is 37.4 Å². The van der Waals surface area contributed by atoms with Crippen molar-refractivity contribution in [3.05, 3.63) is 96.6 Å². The first-order chi connectivity index (χ1) is 12.5. The second-order valence-corrected chi connectivity index (χ2v) is 9.34. The highest BCUT2D eigenvalue weighted by atomic mass is 31.2. The Balaban J connectivity index is 2.05. The van der Waals surface area contributed by atoms with Crippen LogP contribution in [0.1, 0.15) is 17.3 Å². The van der Waals surface area contributed by atoms with E-state index in [1.54, 1.807) is 24.1 Å². The highest BCUT2D eigenvalue weighted by Gasteiger charge is 2.37. The Kier molecular flexibility index (Phi) is 5.39. The van der Waals surface area contributed by atoms with Crippen LogP contribution >= 0.6 is 7.14 Å². The van der Waals surface area contributed by atoms with Gasteiger partial charge in [-0.2, -0.15) is 0 Å². The fraction of sp³-hybridized carbons (Fsp3) is 0.136. The number of nitrogens with zero attached hydrogens (tertiary/aromatic N) is 1. The second-order valence-electron chi connectivity index (χ2n) is 6.24. The summed E-state index contributed by atoms with van der Waals surface area (Å²) in [5.41, 5.74) is 0.592. The van der Waals surface area contributed by atoms with Gasteiger partial charge in [-0.05, 0) is 19.1 Å². The molecule has 0 saturated carbocycles. The summed E-state index contributed by atoms with van der Waals surface area (Å²) in [7, 11) is -1.32. The Bertz CT molecular complexity index is 867. The SMILES string of the molecule is CC(N(C)C(=O)c1ccccc1)P(=O)(c1ccccc1)c1ccccc1. The molecule has 4 heteroatoms. The maximum absolute atomic E-state index is 14.3. The van der Waals surface area contributed by atoms with E-state index in [2.05, 4.69) is 0 Å². The summed E-state index contributed by atoms with van der Waals surface area (Å²) in [5.74, 6) is -0.606. The van der Waals surface area contributed by atoms with Gasteiger partial charge in [0.15, 0.2) is 7.14 Å². The van der Waals surface area contributed by atoms with E-state index in [-0.39, 0.29) is 5.91 Å². The molecule has 0 N–H and O–H groups in total. The molecule has 0 radical (unpaired) electrons. The third kappa shape index (κ3) is 3.36. The average Bonchev–Trinajstić information content (AvgIpc) is 2.73. The standard InChI is InChI=1S/C22H22NO2P/c1-18(23(2)22(24)19-12-6-3-7-13-19)26(25,20-14-8-4-9-15-20)21-16-10-5-11-17-21/h3-18H,1-2H3. The van der Waals surface area contributed by atoms with Gasteiger partial charge in [-0.3, -0.25) is 4.79 Å². The average molecular weight is 363 g/mol. The smallest absolute Gasteiger partial charge is 0.254 e. The number of carbonyl (C=O) groups is 1. The van der Waals surface area contributed by atoms with Gasteiger partial charge in [-0.15, -0.1) is 0 Å². The van der Waals surface area contributed by atoms with Crippen LogP contribution < -0.4 is 10.6 Å². The van der Waals surface area contributed by atoms with Crippen molar-refractivity contribution < 1.29 is 9.36 Å². The lowest BCUT2D eigenvalue weighted by atomic mass is 10.2. The molecule has 0 aliphatic carbocycles. The summed E-state index contributed by atoms with van der Waals surface area (Å²) in [6.45, 7) is 1.86. The molecule has 26 heavy (non-hydrogen) atoms. The van der Waals surface area contributed by atoms with Gasteiger partial charge in [0.1, 0.15) is 0 Å². The summed E-state index contributed by atoms with van der Waals surface area (Å²) in [6.07, 6.45) is 0. The Morgan fingerprint density at radius 1 is 0.769 bits per heavy atom. The molecule has 0 spiro atoms. The number of hydrogen-bond acceptors (Lipinski definition) is 2. The summed E-state index contributed by atoms with van der Waals surface area (Å²) < 4.78 is 14.3. The van der Waals surface area contributed by atoms with Gasteiger partial charge < -0.3 is 9.46 Å². The van der Waals surface area contributed by atoms with Crippen LogP contribution in [0.15, 0.2) is 91.0 Å². The molecule has 3 rings (SSSR count). The first-order valence-corrected chi connectivity index (χ1v) is 10.4. The molecular formula is C22H22NO2P. The molecule has 3 nitrogen and oxygen atoms in total. The number of carbonyl (C=O) groups excluding carboxylic acids is 1. The van der Waals surface area contributed by atoms with Crippen molar-refractivity contribution in [3.63, 3.8) is 0 Å². The number of hydrogen-bond donors (Lipinski definition) is 0. The summed E-state index contributed by atoms with van der Waals surface area (Å²) in [4.78, 5) is 14.5. The van der Waals surface area contributed by atoms with Crippen LogP contribution in [0.2, 0.25) is 0 Å². The summed E-state index contributed by atoms with van der Waals surface area (Å²) in [6, 6.07) is 28.0. The van der Waals surface area contributed by atoms with E-state index >= 15 is 0 Å². The van der Waals surface area contributed by atoms with Crippen LogP contribution in [0, 0.1) is 0 Å². The van der Waals surface area contributed by atoms with Crippen molar-refractivity contribution in [3.8, 4) is 0 Å². The Labute approximate surface area is 154 Å². The van der Waals surface area contributed by atoms with E-state index in [0.717, 1.165) is 10.6 Å². The lowest BCUT2D eigenvalue weighted by Crippen LogP contribution is -2.39. The van der Waals surface area contributed by atoms with Gasteiger partial charge in [-0.1, -0.05) is 78.9 Å². The van der Waals surface area contributed by atoms with E-state index in [1.807, 2.05) is 85.8 Å². The molecule has 1 amide bonds. The van der Waals surface area contributed by atoms with E-state index in [9.17, 15) is 9.36 Å². The lowest BCUT2D eigenvalue weighted by molar-refractivity contribution is 0.0783. The molecule has 0 aromatic heterocycles. The van der Waals surface area contributed by atoms with Crippen molar-refractivity contribution in [2.24, 2.45) is 0 Å². The van der Waals surface area contributed by atoms with Crippen LogP contribution in [0.25, 0.3) is 0 Å². The van der Waals surface area contributed by atoms with Crippen LogP contribution in [0.4, 0.5) is 0 Å². The second kappa shape index (κ2) is 7.72. The van der Waals surface area contributed by atoms with Gasteiger partial charge in [-0.25, -0.2) is 0 Å². The third-order valence-corrected chi connectivity index (χ3v) is 8.24. The Morgan fingerprint density at radius 2 is 1.15 bits per heavy atom. The maximum atomic E-state index is 14.3. The minimum absolute atomic E-state index is 0.134. The van der Waals surface area contributed by atoms with E-state index in [0.29, 0.717) is 5.56 Å². The largest absolute Gasteiger partial charge is 0.331 e. The number of amides is 1.